The Labute approximate surface area is 163 Å². The molecule has 1 fully saturated rings. The largest absolute Gasteiger partial charge is 0.454 e. The zero-order valence-electron chi connectivity index (χ0n) is 15.7. The zero-order chi connectivity index (χ0) is 19.5. The fourth-order valence-electron chi connectivity index (χ4n) is 3.21. The molecule has 2 aliphatic heterocycles. The molecule has 8 nitrogen and oxygen atoms in total. The van der Waals surface area contributed by atoms with Crippen LogP contribution in [0.25, 0.3) is 0 Å². The first-order valence-corrected chi connectivity index (χ1v) is 9.20. The van der Waals surface area contributed by atoms with Crippen LogP contribution in [0.3, 0.4) is 0 Å². The van der Waals surface area contributed by atoms with Crippen molar-refractivity contribution in [2.24, 2.45) is 0 Å². The van der Waals surface area contributed by atoms with E-state index < -0.39 is 0 Å². The predicted molar refractivity (Wildman–Crippen MR) is 101 cm³/mol. The van der Waals surface area contributed by atoms with Gasteiger partial charge in [0, 0.05) is 45.1 Å². The minimum Gasteiger partial charge on any atom is -0.454 e. The fraction of sp³-hybridized carbons (Fsp3) is 0.350. The van der Waals surface area contributed by atoms with Crippen LogP contribution in [0.2, 0.25) is 0 Å². The van der Waals surface area contributed by atoms with Crippen molar-refractivity contribution in [3.05, 3.63) is 53.3 Å². The number of rotatable bonds is 4. The number of nitrogens with one attached hydrogen (secondary N) is 1. The summed E-state index contributed by atoms with van der Waals surface area (Å²) in [4.78, 5) is 33.2. The Hall–Kier alpha value is -3.13. The number of carbonyl (C=O) groups is 2. The van der Waals surface area contributed by atoms with E-state index in [4.69, 9.17) is 9.47 Å². The molecule has 3 heterocycles. The van der Waals surface area contributed by atoms with Crippen molar-refractivity contribution in [1.82, 2.24) is 20.1 Å². The van der Waals surface area contributed by atoms with E-state index in [1.165, 1.54) is 12.4 Å². The molecule has 0 radical (unpaired) electrons. The van der Waals surface area contributed by atoms with Crippen LogP contribution in [-0.2, 0) is 6.54 Å². The third kappa shape index (κ3) is 3.91. The number of carbonyl (C=O) groups excluding carboxylic acids is 2. The highest BCUT2D eigenvalue weighted by atomic mass is 16.7. The molecule has 2 amide bonds. The van der Waals surface area contributed by atoms with Crippen LogP contribution >= 0.6 is 0 Å². The van der Waals surface area contributed by atoms with Gasteiger partial charge in [0.05, 0.1) is 11.1 Å². The number of ether oxygens (including phenoxy) is 2. The summed E-state index contributed by atoms with van der Waals surface area (Å²) >= 11 is 0. The Morgan fingerprint density at radius 1 is 1.04 bits per heavy atom. The van der Waals surface area contributed by atoms with E-state index in [0.29, 0.717) is 42.3 Å². The molecule has 1 N–H and O–H groups in total. The number of piperazine rings is 1. The monoisotopic (exact) mass is 382 g/mol. The highest BCUT2D eigenvalue weighted by molar-refractivity contribution is 5.99. The van der Waals surface area contributed by atoms with Crippen LogP contribution in [0.4, 0.5) is 0 Å². The summed E-state index contributed by atoms with van der Waals surface area (Å²) in [5, 5.41) is 2.85. The molecule has 146 valence electrons. The standard InChI is InChI=1S/C20H22N4O4/c1-23-4-6-24(7-5-23)20(26)16-9-15(11-21-12-16)19(25)22-10-14-2-3-17-18(8-14)28-13-27-17/h2-3,8-9,11-12H,4-7,10,13H2,1H3,(H,22,25). The second-order valence-corrected chi connectivity index (χ2v) is 6.93. The van der Waals surface area contributed by atoms with E-state index in [1.54, 1.807) is 11.0 Å². The summed E-state index contributed by atoms with van der Waals surface area (Å²) in [6, 6.07) is 7.14. The Bertz CT molecular complexity index is 894. The molecule has 8 heteroatoms. The number of pyridine rings is 1. The molecule has 28 heavy (non-hydrogen) atoms. The van der Waals surface area contributed by atoms with Gasteiger partial charge in [-0.05, 0) is 30.8 Å². The van der Waals surface area contributed by atoms with Crippen LogP contribution in [0.15, 0.2) is 36.7 Å². The lowest BCUT2D eigenvalue weighted by molar-refractivity contribution is 0.0663. The predicted octanol–water partition coefficient (Wildman–Crippen LogP) is 1.13. The van der Waals surface area contributed by atoms with Crippen molar-refractivity contribution in [3.63, 3.8) is 0 Å². The van der Waals surface area contributed by atoms with Gasteiger partial charge in [-0.2, -0.15) is 0 Å². The zero-order valence-corrected chi connectivity index (χ0v) is 15.7. The number of amides is 2. The van der Waals surface area contributed by atoms with E-state index in [-0.39, 0.29) is 18.6 Å². The lowest BCUT2D eigenvalue weighted by atomic mass is 10.1. The number of aromatic nitrogens is 1. The molecular weight excluding hydrogens is 360 g/mol. The minimum atomic E-state index is -0.279. The average molecular weight is 382 g/mol. The van der Waals surface area contributed by atoms with Gasteiger partial charge in [-0.1, -0.05) is 6.07 Å². The second-order valence-electron chi connectivity index (χ2n) is 6.93. The molecule has 1 aromatic heterocycles. The first kappa shape index (κ1) is 18.2. The number of likely N-dealkylation sites (N-methyl/N-ethyl adjacent to an activating group) is 1. The molecule has 1 aromatic carbocycles. The summed E-state index contributed by atoms with van der Waals surface area (Å²) in [5.41, 5.74) is 1.69. The maximum absolute atomic E-state index is 12.7. The summed E-state index contributed by atoms with van der Waals surface area (Å²) < 4.78 is 10.6. The van der Waals surface area contributed by atoms with Crippen LogP contribution in [-0.4, -0.2) is 66.6 Å². The molecule has 2 aromatic rings. The molecule has 2 aliphatic rings. The number of nitrogens with zero attached hydrogens (tertiary/aromatic N) is 3. The van der Waals surface area contributed by atoms with Gasteiger partial charge in [-0.25, -0.2) is 0 Å². The van der Waals surface area contributed by atoms with Crippen LogP contribution < -0.4 is 14.8 Å². The topological polar surface area (TPSA) is 84.0 Å². The van der Waals surface area contributed by atoms with Crippen molar-refractivity contribution in [3.8, 4) is 11.5 Å². The van der Waals surface area contributed by atoms with Gasteiger partial charge in [0.1, 0.15) is 0 Å². The van der Waals surface area contributed by atoms with Gasteiger partial charge in [-0.3, -0.25) is 14.6 Å². The molecule has 4 rings (SSSR count). The first-order valence-electron chi connectivity index (χ1n) is 9.20. The van der Waals surface area contributed by atoms with E-state index in [9.17, 15) is 9.59 Å². The third-order valence-corrected chi connectivity index (χ3v) is 4.93. The summed E-state index contributed by atoms with van der Waals surface area (Å²) in [7, 11) is 2.04. The smallest absolute Gasteiger partial charge is 0.255 e. The van der Waals surface area contributed by atoms with E-state index in [2.05, 4.69) is 15.2 Å². The van der Waals surface area contributed by atoms with E-state index in [0.717, 1.165) is 18.7 Å². The molecule has 0 saturated carbocycles. The molecule has 0 spiro atoms. The van der Waals surface area contributed by atoms with Gasteiger partial charge in [0.2, 0.25) is 6.79 Å². The molecular formula is C20H22N4O4. The van der Waals surface area contributed by atoms with Crippen molar-refractivity contribution in [2.45, 2.75) is 6.54 Å². The number of hydrogen-bond donors (Lipinski definition) is 1. The number of benzene rings is 1. The summed E-state index contributed by atoms with van der Waals surface area (Å²) in [5.74, 6) is 1.01. The Morgan fingerprint density at radius 3 is 2.61 bits per heavy atom. The van der Waals surface area contributed by atoms with Gasteiger partial charge in [0.25, 0.3) is 11.8 Å². The highest BCUT2D eigenvalue weighted by Gasteiger charge is 2.21. The molecule has 0 atom stereocenters. The Balaban J connectivity index is 1.39. The van der Waals surface area contributed by atoms with Crippen molar-refractivity contribution in [2.75, 3.05) is 40.0 Å². The average Bonchev–Trinajstić information content (AvgIpc) is 3.20. The molecule has 0 unspecified atom stereocenters. The van der Waals surface area contributed by atoms with Crippen LogP contribution in [0, 0.1) is 0 Å². The Kier molecular flexibility index (Phi) is 5.12. The molecule has 0 bridgehead atoms. The molecule has 1 saturated heterocycles. The van der Waals surface area contributed by atoms with Crippen molar-refractivity contribution in [1.29, 1.82) is 0 Å². The lowest BCUT2D eigenvalue weighted by Gasteiger charge is -2.32. The Morgan fingerprint density at radius 2 is 1.79 bits per heavy atom. The quantitative estimate of drug-likeness (QED) is 0.853. The second kappa shape index (κ2) is 7.85. The molecule has 0 aliphatic carbocycles. The highest BCUT2D eigenvalue weighted by Crippen LogP contribution is 2.32. The minimum absolute atomic E-state index is 0.0916. The van der Waals surface area contributed by atoms with Gasteiger partial charge >= 0.3 is 0 Å². The van der Waals surface area contributed by atoms with Crippen LogP contribution in [0.5, 0.6) is 11.5 Å². The first-order chi connectivity index (χ1) is 13.6. The normalized spacial score (nSPS) is 16.1. The van der Waals surface area contributed by atoms with E-state index in [1.807, 2.05) is 25.2 Å². The summed E-state index contributed by atoms with van der Waals surface area (Å²) in [6.07, 6.45) is 2.98. The van der Waals surface area contributed by atoms with Gasteiger partial charge in [-0.15, -0.1) is 0 Å². The van der Waals surface area contributed by atoms with Crippen molar-refractivity contribution >= 4 is 11.8 Å². The van der Waals surface area contributed by atoms with E-state index >= 15 is 0 Å². The van der Waals surface area contributed by atoms with Crippen LogP contribution in [0.1, 0.15) is 26.3 Å². The van der Waals surface area contributed by atoms with Gasteiger partial charge < -0.3 is 24.6 Å². The lowest BCUT2D eigenvalue weighted by Crippen LogP contribution is -2.47. The van der Waals surface area contributed by atoms with Crippen molar-refractivity contribution < 1.29 is 19.1 Å². The fourth-order valence-corrected chi connectivity index (χ4v) is 3.21. The maximum atomic E-state index is 12.7. The number of fused-ring (bicyclic) bond motifs is 1. The SMILES string of the molecule is CN1CCN(C(=O)c2cncc(C(=O)NCc3ccc4c(c3)OCO4)c2)CC1. The van der Waals surface area contributed by atoms with Gasteiger partial charge in [0.15, 0.2) is 11.5 Å². The third-order valence-electron chi connectivity index (χ3n) is 4.93. The summed E-state index contributed by atoms with van der Waals surface area (Å²) in [6.45, 7) is 3.59. The maximum Gasteiger partial charge on any atom is 0.255 e. The number of hydrogen-bond acceptors (Lipinski definition) is 6.